The van der Waals surface area contributed by atoms with E-state index in [4.69, 9.17) is 0 Å². The highest BCUT2D eigenvalue weighted by Crippen LogP contribution is 2.35. The Labute approximate surface area is 98.4 Å². The van der Waals surface area contributed by atoms with Gasteiger partial charge in [0.05, 0.1) is 26.2 Å². The van der Waals surface area contributed by atoms with E-state index >= 15 is 0 Å². The third kappa shape index (κ3) is 6.54. The van der Waals surface area contributed by atoms with Gasteiger partial charge in [0.1, 0.15) is 0 Å². The van der Waals surface area contributed by atoms with Crippen molar-refractivity contribution >= 4 is 0 Å². The zero-order chi connectivity index (χ0) is 13.0. The zero-order valence-electron chi connectivity index (χ0n) is 9.58. The maximum atomic E-state index is 10.2. The molecule has 0 radical (unpaired) electrons. The van der Waals surface area contributed by atoms with Crippen LogP contribution in [0.4, 0.5) is 0 Å². The van der Waals surface area contributed by atoms with E-state index in [0.717, 1.165) is 0 Å². The van der Waals surface area contributed by atoms with Crippen LogP contribution in [0.5, 0.6) is 0 Å². The van der Waals surface area contributed by atoms with Crippen molar-refractivity contribution in [1.82, 2.24) is 0 Å². The molecular weight excluding hydrogens is 228 g/mol. The van der Waals surface area contributed by atoms with Gasteiger partial charge >= 0.3 is 0 Å². The van der Waals surface area contributed by atoms with E-state index in [-0.39, 0.29) is 26.2 Å². The molecule has 0 heterocycles. The molecule has 0 aromatic carbocycles. The van der Waals surface area contributed by atoms with Crippen molar-refractivity contribution in [3.63, 3.8) is 0 Å². The molecule has 0 rings (SSSR count). The quantitative estimate of drug-likeness (QED) is 0.490. The molecule has 8 nitrogen and oxygen atoms in total. The summed E-state index contributed by atoms with van der Waals surface area (Å²) in [5.41, 5.74) is -0.469. The van der Waals surface area contributed by atoms with Gasteiger partial charge in [0.15, 0.2) is 0 Å². The third-order valence-electron chi connectivity index (χ3n) is 2.93. The van der Waals surface area contributed by atoms with E-state index in [9.17, 15) is 19.6 Å². The molecule has 0 atom stereocenters. The number of nitroso groups, excluding NO2 is 4. The standard InChI is InChI=1S/C9H16N4O4/c14-10-5-1-9(2-6-11-15,3-7-12-16)4-8-13-17/h1-8H2. The number of nitrogens with zero attached hydrogens (tertiary/aromatic N) is 4. The summed E-state index contributed by atoms with van der Waals surface area (Å²) in [5.74, 6) is 0. The van der Waals surface area contributed by atoms with Crippen molar-refractivity contribution in [3.8, 4) is 0 Å². The minimum atomic E-state index is -0.469. The molecule has 0 N–H and O–H groups in total. The lowest BCUT2D eigenvalue weighted by Crippen LogP contribution is -2.25. The monoisotopic (exact) mass is 244 g/mol. The molecule has 0 spiro atoms. The second-order valence-electron chi connectivity index (χ2n) is 3.91. The van der Waals surface area contributed by atoms with Crippen LogP contribution in [0.1, 0.15) is 25.7 Å². The molecular formula is C9H16N4O4. The van der Waals surface area contributed by atoms with Crippen molar-refractivity contribution in [2.75, 3.05) is 26.2 Å². The maximum absolute atomic E-state index is 10.2. The Hall–Kier alpha value is -1.60. The molecule has 0 saturated heterocycles. The molecule has 0 aliphatic heterocycles. The van der Waals surface area contributed by atoms with Crippen LogP contribution in [0.2, 0.25) is 0 Å². The molecule has 0 saturated carbocycles. The lowest BCUT2D eigenvalue weighted by Gasteiger charge is -2.30. The fourth-order valence-corrected chi connectivity index (χ4v) is 1.88. The Balaban J connectivity index is 4.59. The molecule has 96 valence electrons. The molecule has 8 heteroatoms. The highest BCUT2D eigenvalue weighted by molar-refractivity contribution is 4.82. The summed E-state index contributed by atoms with van der Waals surface area (Å²) in [6.45, 7) is 0.320. The fraction of sp³-hybridized carbons (Fsp3) is 1.00. The molecule has 0 fully saturated rings. The van der Waals surface area contributed by atoms with Crippen molar-refractivity contribution in [2.24, 2.45) is 26.1 Å². The van der Waals surface area contributed by atoms with Gasteiger partial charge in [-0.15, -0.1) is 0 Å². The first-order chi connectivity index (χ1) is 8.24. The second kappa shape index (κ2) is 9.61. The number of hydrogen-bond acceptors (Lipinski definition) is 8. The first-order valence-electron chi connectivity index (χ1n) is 5.41. The van der Waals surface area contributed by atoms with Gasteiger partial charge < -0.3 is 0 Å². The highest BCUT2D eigenvalue weighted by atomic mass is 16.3. The van der Waals surface area contributed by atoms with E-state index in [1.54, 1.807) is 0 Å². The van der Waals surface area contributed by atoms with Crippen LogP contribution in [0.3, 0.4) is 0 Å². The van der Waals surface area contributed by atoms with Crippen LogP contribution >= 0.6 is 0 Å². The third-order valence-corrected chi connectivity index (χ3v) is 2.93. The van der Waals surface area contributed by atoms with Gasteiger partial charge in [-0.05, 0) is 31.1 Å². The van der Waals surface area contributed by atoms with Gasteiger partial charge in [-0.2, -0.15) is 19.6 Å². The molecule has 0 unspecified atom stereocenters. The summed E-state index contributed by atoms with van der Waals surface area (Å²) >= 11 is 0. The van der Waals surface area contributed by atoms with E-state index in [0.29, 0.717) is 25.7 Å². The van der Waals surface area contributed by atoms with E-state index < -0.39 is 5.41 Å². The van der Waals surface area contributed by atoms with Gasteiger partial charge in [-0.1, -0.05) is 20.7 Å². The molecule has 0 aliphatic carbocycles. The minimum absolute atomic E-state index is 0.0799. The van der Waals surface area contributed by atoms with Crippen LogP contribution in [0.15, 0.2) is 20.7 Å². The largest absolute Gasteiger partial charge is 0.151 e. The Morgan fingerprint density at radius 1 is 0.529 bits per heavy atom. The summed E-state index contributed by atoms with van der Waals surface area (Å²) in [6, 6.07) is 0. The van der Waals surface area contributed by atoms with Gasteiger partial charge in [-0.3, -0.25) is 0 Å². The van der Waals surface area contributed by atoms with E-state index in [2.05, 4.69) is 20.7 Å². The minimum Gasteiger partial charge on any atom is -0.151 e. The maximum Gasteiger partial charge on any atom is 0.0816 e. The molecule has 0 bridgehead atoms. The van der Waals surface area contributed by atoms with Gasteiger partial charge in [0.25, 0.3) is 0 Å². The predicted octanol–water partition coefficient (Wildman–Crippen LogP) is 2.60. The Kier molecular flexibility index (Phi) is 8.71. The second-order valence-corrected chi connectivity index (χ2v) is 3.91. The molecule has 0 amide bonds. The smallest absolute Gasteiger partial charge is 0.0816 e. The molecule has 0 aromatic rings. The van der Waals surface area contributed by atoms with Gasteiger partial charge in [0.2, 0.25) is 0 Å². The van der Waals surface area contributed by atoms with Crippen molar-refractivity contribution in [2.45, 2.75) is 25.7 Å². The summed E-state index contributed by atoms with van der Waals surface area (Å²) in [5, 5.41) is 11.1. The zero-order valence-corrected chi connectivity index (χ0v) is 9.58. The Morgan fingerprint density at radius 2 is 0.765 bits per heavy atom. The molecule has 0 aliphatic rings. The highest BCUT2D eigenvalue weighted by Gasteiger charge is 2.29. The van der Waals surface area contributed by atoms with Crippen molar-refractivity contribution in [3.05, 3.63) is 19.6 Å². The molecule has 17 heavy (non-hydrogen) atoms. The first kappa shape index (κ1) is 15.4. The normalized spacial score (nSPS) is 10.8. The van der Waals surface area contributed by atoms with Crippen LogP contribution in [-0.4, -0.2) is 26.2 Å². The van der Waals surface area contributed by atoms with Crippen LogP contribution < -0.4 is 0 Å². The number of rotatable bonds is 12. The van der Waals surface area contributed by atoms with Gasteiger partial charge in [0, 0.05) is 0 Å². The number of hydrogen-bond donors (Lipinski definition) is 0. The van der Waals surface area contributed by atoms with Crippen LogP contribution in [0.25, 0.3) is 0 Å². The SMILES string of the molecule is O=NCCC(CCN=O)(CCN=O)CCN=O. The lowest BCUT2D eigenvalue weighted by atomic mass is 9.75. The topological polar surface area (TPSA) is 118 Å². The summed E-state index contributed by atoms with van der Waals surface area (Å²) in [4.78, 5) is 40.7. The van der Waals surface area contributed by atoms with Crippen LogP contribution in [0, 0.1) is 25.0 Å². The van der Waals surface area contributed by atoms with E-state index in [1.165, 1.54) is 0 Å². The average Bonchev–Trinajstić information content (AvgIpc) is 2.37. The summed E-state index contributed by atoms with van der Waals surface area (Å²) in [6.07, 6.45) is 1.65. The molecule has 0 aromatic heterocycles. The van der Waals surface area contributed by atoms with Crippen molar-refractivity contribution < 1.29 is 0 Å². The van der Waals surface area contributed by atoms with Crippen molar-refractivity contribution in [1.29, 1.82) is 0 Å². The Bertz CT molecular complexity index is 206. The van der Waals surface area contributed by atoms with E-state index in [1.807, 2.05) is 0 Å². The fourth-order valence-electron chi connectivity index (χ4n) is 1.88. The summed E-state index contributed by atoms with van der Waals surface area (Å²) < 4.78 is 0. The Morgan fingerprint density at radius 3 is 0.941 bits per heavy atom. The average molecular weight is 244 g/mol. The predicted molar refractivity (Wildman–Crippen MR) is 63.5 cm³/mol. The first-order valence-corrected chi connectivity index (χ1v) is 5.41. The van der Waals surface area contributed by atoms with Gasteiger partial charge in [-0.25, -0.2) is 0 Å². The lowest BCUT2D eigenvalue weighted by molar-refractivity contribution is 0.215. The summed E-state index contributed by atoms with van der Waals surface area (Å²) in [7, 11) is 0. The van der Waals surface area contributed by atoms with Crippen LogP contribution in [-0.2, 0) is 0 Å².